The van der Waals surface area contributed by atoms with E-state index in [9.17, 15) is 0 Å². The summed E-state index contributed by atoms with van der Waals surface area (Å²) in [6.45, 7) is 0. The zero-order chi connectivity index (χ0) is 43.6. The van der Waals surface area contributed by atoms with E-state index in [2.05, 4.69) is 255 Å². The van der Waals surface area contributed by atoms with E-state index in [-0.39, 0.29) is 0 Å². The van der Waals surface area contributed by atoms with Gasteiger partial charge in [0.1, 0.15) is 0 Å². The maximum absolute atomic E-state index is 2.48. The maximum atomic E-state index is 2.48. The van der Waals surface area contributed by atoms with Crippen molar-refractivity contribution in [2.45, 2.75) is 0 Å². The lowest BCUT2D eigenvalue weighted by molar-refractivity contribution is 1.60. The van der Waals surface area contributed by atoms with E-state index in [1.165, 1.54) is 131 Å². The average Bonchev–Trinajstić information content (AvgIpc) is 3.39. The standard InChI is InChI=1S/C66H42/c1-3-15-43(16-4-1)45-27-31-47(32-28-45)49-35-37-59-61(41-49)65(63-55-23-11-7-19-51(55)39-52-20-8-12-24-56(52)63)60-38-36-50(48-33-29-46(30-34-48)44-17-5-2-6-18-44)42-62(60)66(59)64-57-25-13-9-21-53(57)40-54-22-10-14-26-58(54)64/h1-42H. The van der Waals surface area contributed by atoms with E-state index >= 15 is 0 Å². The zero-order valence-corrected chi connectivity index (χ0v) is 36.2. The lowest BCUT2D eigenvalue weighted by atomic mass is 9.80. The molecule has 66 heavy (non-hydrogen) atoms. The van der Waals surface area contributed by atoms with Crippen molar-refractivity contribution in [1.82, 2.24) is 0 Å². The van der Waals surface area contributed by atoms with E-state index in [4.69, 9.17) is 0 Å². The Balaban J connectivity index is 1.18. The van der Waals surface area contributed by atoms with E-state index < -0.39 is 0 Å². The van der Waals surface area contributed by atoms with Crippen LogP contribution in [0.2, 0.25) is 0 Å². The molecule has 0 radical (unpaired) electrons. The van der Waals surface area contributed by atoms with Gasteiger partial charge in [-0.2, -0.15) is 0 Å². The summed E-state index contributed by atoms with van der Waals surface area (Å²) >= 11 is 0. The largest absolute Gasteiger partial charge is 0.0622 e. The van der Waals surface area contributed by atoms with E-state index in [1.807, 2.05) is 0 Å². The van der Waals surface area contributed by atoms with Gasteiger partial charge in [0.2, 0.25) is 0 Å². The Bertz CT molecular complexity index is 3620. The fourth-order valence-electron chi connectivity index (χ4n) is 10.7. The molecule has 306 valence electrons. The van der Waals surface area contributed by atoms with Crippen LogP contribution in [-0.2, 0) is 0 Å². The highest BCUT2D eigenvalue weighted by Gasteiger charge is 2.24. The summed E-state index contributed by atoms with van der Waals surface area (Å²) in [5.74, 6) is 0. The molecule has 0 amide bonds. The first-order valence-corrected chi connectivity index (χ1v) is 22.9. The molecule has 0 heteroatoms. The third kappa shape index (κ3) is 6.30. The van der Waals surface area contributed by atoms with Crippen molar-refractivity contribution in [3.63, 3.8) is 0 Å². The van der Waals surface area contributed by atoms with Gasteiger partial charge in [0, 0.05) is 0 Å². The van der Waals surface area contributed by atoms with Gasteiger partial charge in [0.05, 0.1) is 0 Å². The van der Waals surface area contributed by atoms with Crippen LogP contribution in [0.5, 0.6) is 0 Å². The number of hydrogen-bond acceptors (Lipinski definition) is 0. The minimum Gasteiger partial charge on any atom is -0.0622 e. The van der Waals surface area contributed by atoms with Crippen molar-refractivity contribution in [3.8, 4) is 66.8 Å². The van der Waals surface area contributed by atoms with Crippen LogP contribution in [0.25, 0.3) is 131 Å². The van der Waals surface area contributed by atoms with E-state index in [0.29, 0.717) is 0 Å². The molecule has 0 saturated carbocycles. The smallest absolute Gasteiger partial charge is 0.00137 e. The first kappa shape index (κ1) is 37.9. The summed E-state index contributed by atoms with van der Waals surface area (Å²) < 4.78 is 0. The first-order chi connectivity index (χ1) is 32.7. The van der Waals surface area contributed by atoms with Crippen LogP contribution in [0.4, 0.5) is 0 Å². The second-order valence-electron chi connectivity index (χ2n) is 17.5. The van der Waals surface area contributed by atoms with Gasteiger partial charge in [-0.1, -0.05) is 231 Å². The molecule has 0 saturated heterocycles. The molecule has 0 unspecified atom stereocenters. The van der Waals surface area contributed by atoms with Crippen molar-refractivity contribution >= 4 is 64.6 Å². The lowest BCUT2D eigenvalue weighted by Crippen LogP contribution is -1.95. The minimum absolute atomic E-state index is 1.19. The molecule has 13 aromatic rings. The van der Waals surface area contributed by atoms with Gasteiger partial charge >= 0.3 is 0 Å². The second kappa shape index (κ2) is 15.6. The van der Waals surface area contributed by atoms with Gasteiger partial charge in [0.15, 0.2) is 0 Å². The third-order valence-electron chi connectivity index (χ3n) is 13.8. The molecule has 0 bridgehead atoms. The number of fused-ring (bicyclic) bond motifs is 6. The summed E-state index contributed by atoms with van der Waals surface area (Å²) in [6.07, 6.45) is 0. The Morgan fingerprint density at radius 3 is 0.712 bits per heavy atom. The maximum Gasteiger partial charge on any atom is -0.00137 e. The molecule has 0 aliphatic rings. The Morgan fingerprint density at radius 1 is 0.136 bits per heavy atom. The quantitative estimate of drug-likeness (QED) is 0.146. The molecule has 0 N–H and O–H groups in total. The van der Waals surface area contributed by atoms with Crippen molar-refractivity contribution in [2.24, 2.45) is 0 Å². The highest BCUT2D eigenvalue weighted by Crippen LogP contribution is 2.51. The van der Waals surface area contributed by atoms with Crippen molar-refractivity contribution < 1.29 is 0 Å². The molecular weight excluding hydrogens is 793 g/mol. The molecule has 0 aromatic heterocycles. The fourth-order valence-corrected chi connectivity index (χ4v) is 10.7. The molecular formula is C66H42. The Kier molecular flexibility index (Phi) is 8.96. The molecule has 0 aliphatic carbocycles. The Morgan fingerprint density at radius 2 is 0.379 bits per heavy atom. The van der Waals surface area contributed by atoms with E-state index in [0.717, 1.165) is 0 Å². The lowest BCUT2D eigenvalue weighted by Gasteiger charge is -2.23. The molecule has 13 aromatic carbocycles. The first-order valence-electron chi connectivity index (χ1n) is 22.9. The van der Waals surface area contributed by atoms with Crippen molar-refractivity contribution in [1.29, 1.82) is 0 Å². The van der Waals surface area contributed by atoms with Crippen LogP contribution < -0.4 is 0 Å². The van der Waals surface area contributed by atoms with Gasteiger partial charge in [-0.25, -0.2) is 0 Å². The molecule has 0 heterocycles. The predicted molar refractivity (Wildman–Crippen MR) is 284 cm³/mol. The van der Waals surface area contributed by atoms with Gasteiger partial charge in [0.25, 0.3) is 0 Å². The number of hydrogen-bond donors (Lipinski definition) is 0. The SMILES string of the molecule is c1ccc(-c2ccc(-c3ccc4c(-c5c6ccccc6cc6ccccc56)c5cc(-c6ccc(-c7ccccc7)cc6)ccc5c(-c5c6ccccc6cc6ccccc56)c4c3)cc2)cc1. The zero-order valence-electron chi connectivity index (χ0n) is 36.2. The summed E-state index contributed by atoms with van der Waals surface area (Å²) in [5.41, 5.74) is 14.7. The van der Waals surface area contributed by atoms with Crippen LogP contribution in [-0.4, -0.2) is 0 Å². The molecule has 0 aliphatic heterocycles. The van der Waals surface area contributed by atoms with Gasteiger partial charge in [-0.05, 0) is 156 Å². The fraction of sp³-hybridized carbons (Fsp3) is 0. The van der Waals surface area contributed by atoms with Crippen LogP contribution in [0.3, 0.4) is 0 Å². The normalized spacial score (nSPS) is 11.6. The second-order valence-corrected chi connectivity index (χ2v) is 17.5. The van der Waals surface area contributed by atoms with E-state index in [1.54, 1.807) is 0 Å². The Labute approximate surface area is 384 Å². The highest BCUT2D eigenvalue weighted by molar-refractivity contribution is 6.31. The number of benzene rings is 13. The van der Waals surface area contributed by atoms with Gasteiger partial charge in [-0.15, -0.1) is 0 Å². The molecule has 13 rings (SSSR count). The summed E-state index contributed by atoms with van der Waals surface area (Å²) in [5, 5.41) is 14.9. The summed E-state index contributed by atoms with van der Waals surface area (Å²) in [7, 11) is 0. The topological polar surface area (TPSA) is 0 Å². The summed E-state index contributed by atoms with van der Waals surface area (Å²) in [4.78, 5) is 0. The number of rotatable bonds is 6. The third-order valence-corrected chi connectivity index (χ3v) is 13.8. The molecule has 0 atom stereocenters. The van der Waals surface area contributed by atoms with Crippen LogP contribution in [0.1, 0.15) is 0 Å². The van der Waals surface area contributed by atoms with Gasteiger partial charge < -0.3 is 0 Å². The molecule has 0 fully saturated rings. The summed E-state index contributed by atoms with van der Waals surface area (Å²) in [6, 6.07) is 94.4. The van der Waals surface area contributed by atoms with Crippen LogP contribution in [0, 0.1) is 0 Å². The van der Waals surface area contributed by atoms with Crippen LogP contribution >= 0.6 is 0 Å². The van der Waals surface area contributed by atoms with Crippen molar-refractivity contribution in [3.05, 3.63) is 255 Å². The van der Waals surface area contributed by atoms with Crippen molar-refractivity contribution in [2.75, 3.05) is 0 Å². The minimum atomic E-state index is 1.19. The highest BCUT2D eigenvalue weighted by atomic mass is 14.3. The monoisotopic (exact) mass is 834 g/mol. The van der Waals surface area contributed by atoms with Gasteiger partial charge in [-0.3, -0.25) is 0 Å². The molecule has 0 spiro atoms. The predicted octanol–water partition coefficient (Wildman–Crippen LogP) is 18.6. The Hall–Kier alpha value is -8.58. The van der Waals surface area contributed by atoms with Crippen LogP contribution in [0.15, 0.2) is 255 Å². The average molecular weight is 835 g/mol. The molecule has 0 nitrogen and oxygen atoms in total.